The van der Waals surface area contributed by atoms with Gasteiger partial charge in [0, 0.05) is 92.4 Å². The van der Waals surface area contributed by atoms with Crippen LogP contribution in [0.3, 0.4) is 0 Å². The second-order valence-corrected chi connectivity index (χ2v) is 40.8. The summed E-state index contributed by atoms with van der Waals surface area (Å²) in [6.07, 6.45) is 7.51. The summed E-state index contributed by atoms with van der Waals surface area (Å²) < 4.78 is 237. The Labute approximate surface area is 804 Å². The fourth-order valence-corrected chi connectivity index (χ4v) is 10.6. The number of ether oxygens (including phenoxy) is 4. The van der Waals surface area contributed by atoms with Crippen LogP contribution in [0.4, 0.5) is 0 Å². The maximum atomic E-state index is 11.3. The van der Waals surface area contributed by atoms with Crippen molar-refractivity contribution in [3.8, 4) is 0 Å². The van der Waals surface area contributed by atoms with E-state index in [9.17, 15) is 25.8 Å². The van der Waals surface area contributed by atoms with Crippen molar-refractivity contribution in [2.24, 2.45) is 5.92 Å². The minimum absolute atomic E-state index is 0. The highest BCUT2D eigenvalue weighted by atomic mass is 32.2. The quantitative estimate of drug-likeness (QED) is 0.0538. The number of thioether (sulfide) groups is 1. The summed E-state index contributed by atoms with van der Waals surface area (Å²) in [6.45, 7) is 75.3. The summed E-state index contributed by atoms with van der Waals surface area (Å²) in [6, 6.07) is 0.254. The zero-order chi connectivity index (χ0) is 103. The van der Waals surface area contributed by atoms with E-state index in [1.807, 2.05) is 91.2 Å². The van der Waals surface area contributed by atoms with Crippen molar-refractivity contribution in [1.29, 1.82) is 0 Å². The van der Waals surface area contributed by atoms with Crippen LogP contribution in [-0.4, -0.2) is 428 Å². The second-order valence-electron chi connectivity index (χ2n) is 30.3. The lowest BCUT2D eigenvalue weighted by atomic mass is 10.1. The molecule has 39 nitrogen and oxygen atoms in total. The number of carbonyl (C=O) groups excluding carboxylic acids is 1. The number of hydrogen-bond acceptors (Lipinski definition) is 38. The van der Waals surface area contributed by atoms with Gasteiger partial charge >= 0.3 is 63.7 Å². The first-order chi connectivity index (χ1) is 57.6. The Balaban J connectivity index is -0.0000000649. The molecule has 0 aliphatic carbocycles. The molecule has 2 N–H and O–H groups in total. The lowest BCUT2D eigenvalue weighted by Gasteiger charge is -2.16. The third-order valence-electron chi connectivity index (χ3n) is 15.2. The molecule has 0 bridgehead atoms. The van der Waals surface area contributed by atoms with E-state index in [2.05, 4.69) is 200 Å². The van der Waals surface area contributed by atoms with E-state index in [0.717, 1.165) is 102 Å². The summed E-state index contributed by atoms with van der Waals surface area (Å²) in [5.74, 6) is 3.18. The molecule has 0 spiro atoms. The van der Waals surface area contributed by atoms with Crippen LogP contribution in [0.1, 0.15) is 241 Å². The molecule has 1 amide bonds. The molecule has 0 saturated heterocycles. The van der Waals surface area contributed by atoms with Crippen molar-refractivity contribution in [2.75, 3.05) is 231 Å². The van der Waals surface area contributed by atoms with Gasteiger partial charge in [0.2, 0.25) is 5.91 Å². The minimum atomic E-state index is -3.81. The average Bonchev–Trinajstić information content (AvgIpc) is 0.900. The molecule has 0 aromatic heterocycles. The van der Waals surface area contributed by atoms with Crippen molar-refractivity contribution < 1.29 is 125 Å². The van der Waals surface area contributed by atoms with Gasteiger partial charge in [-0.25, -0.2) is 8.42 Å². The highest BCUT2D eigenvalue weighted by molar-refractivity contribution is 7.99. The molecule has 49 heteroatoms. The van der Waals surface area contributed by atoms with Gasteiger partial charge in [0.25, 0.3) is 10.1 Å². The average molecular weight is 2080 g/mol. The zero-order valence-electron chi connectivity index (χ0n) is 83.8. The Kier molecular flexibility index (Phi) is 161. The van der Waals surface area contributed by atoms with Crippen LogP contribution in [0, 0.1) is 5.92 Å². The van der Waals surface area contributed by atoms with Crippen molar-refractivity contribution in [3.05, 3.63) is 0 Å². The highest BCUT2D eigenvalue weighted by Crippen LogP contribution is 2.08. The summed E-state index contributed by atoms with van der Waals surface area (Å²) >= 11 is 2.03. The number of hydrogen-bond donors (Lipinski definition) is 2. The van der Waals surface area contributed by atoms with Gasteiger partial charge in [-0.3, -0.25) is 13.6 Å². The molecule has 0 aromatic rings. The van der Waals surface area contributed by atoms with E-state index in [1.165, 1.54) is 70.7 Å². The third kappa shape index (κ3) is 244. The summed E-state index contributed by atoms with van der Waals surface area (Å²) in [7, 11) is -7.35. The van der Waals surface area contributed by atoms with E-state index in [-0.39, 0.29) is 57.1 Å². The van der Waals surface area contributed by atoms with Crippen LogP contribution in [0.5, 0.6) is 0 Å². The number of nitrogens with zero attached hydrogens (tertiary/aromatic N) is 9. The molecule has 0 aromatic carbocycles. The topological polar surface area (TPSA) is 508 Å². The number of amides is 1. The first-order valence-electron chi connectivity index (χ1n) is 42.2. The summed E-state index contributed by atoms with van der Waals surface area (Å²) in [5, 5.41) is 3.70. The monoisotopic (exact) mass is 2080 g/mol. The lowest BCUT2D eigenvalue weighted by Crippen LogP contribution is -2.33. The number of rotatable bonds is 50. The van der Waals surface area contributed by atoms with Gasteiger partial charge in [-0.15, -0.1) is 75.8 Å². The molecule has 0 rings (SSSR count). The van der Waals surface area contributed by atoms with E-state index in [1.54, 1.807) is 13.8 Å². The molecule has 0 saturated carbocycles. The Morgan fingerprint density at radius 1 is 0.349 bits per heavy atom. The zero-order valence-corrected chi connectivity index (χ0v) is 92.0. The molecule has 1 unspecified atom stereocenters. The second kappa shape index (κ2) is 123. The number of carbonyl (C=O) groups is 1. The largest absolute Gasteiger partial charge is 0.425 e. The van der Waals surface area contributed by atoms with Gasteiger partial charge in [0.05, 0.1) is 67.6 Å². The van der Waals surface area contributed by atoms with Crippen LogP contribution in [0.15, 0.2) is 0 Å². The SMILES string of the molecule is C.C.C.CC(C)OCCN(C)CCCS(=O)(=O)O.CCCN(C)CCOC(C)C.CCCN(C)CCOC(C)C.CCN(C)CCC(=O)NC(C)C.CCN(C)CCCC(C)C.CCN(C)CCOC(C)C.CCN(C)CCS(=O)(=O)C(C)C.CCN(C)CCS(=O)C(C)C.CCN(C)CCSC(C)C.O=S(=O)=O.O=S(=O)=O.O=S(=O)=O.O=S(=O)=O.O=S(=O)=O.O=S(=O)=O. The Morgan fingerprint density at radius 2 is 0.605 bits per heavy atom. The Bertz CT molecular complexity index is 3020. The molecule has 129 heavy (non-hydrogen) atoms. The Hall–Kier alpha value is -2.97. The predicted octanol–water partition coefficient (Wildman–Crippen LogP) is 8.54. The van der Waals surface area contributed by atoms with Gasteiger partial charge in [0.15, 0.2) is 9.84 Å². The van der Waals surface area contributed by atoms with Crippen LogP contribution in [0.25, 0.3) is 0 Å². The maximum Gasteiger partial charge on any atom is 0.425 e. The van der Waals surface area contributed by atoms with E-state index < -0.39 is 94.4 Å². The molecular formula is C80H192N10O29S10. The normalized spacial score (nSPS) is 10.6. The lowest BCUT2D eigenvalue weighted by molar-refractivity contribution is -0.121. The van der Waals surface area contributed by atoms with Crippen molar-refractivity contribution >= 4 is 112 Å². The maximum absolute atomic E-state index is 11.3. The van der Waals surface area contributed by atoms with Gasteiger partial charge in [-0.2, -0.15) is 20.2 Å². The first kappa shape index (κ1) is 169. The number of nitrogens with one attached hydrogen (secondary N) is 1. The smallest absolute Gasteiger partial charge is 0.377 e. The van der Waals surface area contributed by atoms with Gasteiger partial charge < -0.3 is 68.4 Å². The van der Waals surface area contributed by atoms with Crippen molar-refractivity contribution in [1.82, 2.24) is 49.4 Å². The number of likely N-dealkylation sites (N-methyl/N-ethyl adjacent to an activating group) is 4. The minimum Gasteiger partial charge on any atom is -0.377 e. The van der Waals surface area contributed by atoms with Crippen LogP contribution in [-0.2, 0) is 118 Å². The predicted molar refractivity (Wildman–Crippen MR) is 532 cm³/mol. The van der Waals surface area contributed by atoms with E-state index >= 15 is 0 Å². The number of sulfone groups is 1. The standard InChI is InChI=1S/C9H20N2O.C9H21NO4S.2C9H21NO.C9H21N.C8H19NO2S.C8H19NOS.C8H19NO.C8H19NS.3CH4.6O3S/c1-5-11(4)7-6-9(12)10-8(2)3;1-9(2)14-7-6-10(3)5-4-8-15(11,12)13;2*1-5-6-10(4)7-8-11-9(2)3;1-5-10(4)8-6-7-9(2)3;1-5-9(4)6-7-12(10,11)8(2)3;1-5-9(4)6-7-11(10)8(2)3;2*1-5-9(4)6-7-10-8(2)3;;;;6*1-4(2)3/h8H,5-7H2,1-4H3,(H,10,12);9H,4-8H2,1-3H3,(H,11,12,13);2*9H,5-8H2,1-4H3;9H,5-8H2,1-4H3;8H,5-7H2,1-4H3;8H,5-7H2,1-4H3;2*8H,5-7H2,1-4H3;3*1H4;;;;;;. The van der Waals surface area contributed by atoms with Crippen molar-refractivity contribution in [3.63, 3.8) is 0 Å². The fraction of sp³-hybridized carbons (Fsp3) is 0.988. The van der Waals surface area contributed by atoms with Crippen LogP contribution < -0.4 is 5.32 Å². The molecule has 0 radical (unpaired) electrons. The van der Waals surface area contributed by atoms with Crippen molar-refractivity contribution in [2.45, 2.75) is 287 Å². The first-order valence-corrected chi connectivity index (χ1v) is 54.0. The van der Waals surface area contributed by atoms with Gasteiger partial charge in [0.1, 0.15) is 0 Å². The fourth-order valence-electron chi connectivity index (χ4n) is 7.24. The van der Waals surface area contributed by atoms with Crippen LogP contribution >= 0.6 is 11.8 Å². The third-order valence-corrected chi connectivity index (χ3v) is 20.9. The molecule has 0 heterocycles. The van der Waals surface area contributed by atoms with Gasteiger partial charge in [-0.05, 0) is 255 Å². The molecular weight excluding hydrogens is 1890 g/mol. The highest BCUT2D eigenvalue weighted by Gasteiger charge is 2.16. The molecule has 0 aliphatic rings. The molecule has 796 valence electrons. The van der Waals surface area contributed by atoms with Crippen LogP contribution in [0.2, 0.25) is 0 Å². The van der Waals surface area contributed by atoms with E-state index in [4.69, 9.17) is 99.3 Å². The summed E-state index contributed by atoms with van der Waals surface area (Å²) in [5.41, 5.74) is 0. The molecule has 0 fully saturated rings. The summed E-state index contributed by atoms with van der Waals surface area (Å²) in [4.78, 5) is 31.0. The Morgan fingerprint density at radius 3 is 0.853 bits per heavy atom. The molecule has 1 atom stereocenters. The molecule has 0 aliphatic heterocycles. The van der Waals surface area contributed by atoms with E-state index in [0.29, 0.717) is 56.1 Å². The van der Waals surface area contributed by atoms with Gasteiger partial charge in [-0.1, -0.05) is 119 Å².